The van der Waals surface area contributed by atoms with Gasteiger partial charge in [-0.2, -0.15) is 5.26 Å². The van der Waals surface area contributed by atoms with E-state index in [0.29, 0.717) is 17.1 Å². The topological polar surface area (TPSA) is 57.0 Å². The number of amides is 1. The van der Waals surface area contributed by atoms with Gasteiger partial charge in [0, 0.05) is 18.9 Å². The minimum Gasteiger partial charge on any atom is -0.325 e. The van der Waals surface area contributed by atoms with Crippen molar-refractivity contribution in [2.45, 2.75) is 13.3 Å². The average Bonchev–Trinajstić information content (AvgIpc) is 2.28. The smallest absolute Gasteiger partial charge is 0.257 e. The highest BCUT2D eigenvalue weighted by Gasteiger charge is 2.17. The first-order valence-corrected chi connectivity index (χ1v) is 5.34. The fourth-order valence-electron chi connectivity index (χ4n) is 1.31. The van der Waals surface area contributed by atoms with Gasteiger partial charge in [0.25, 0.3) is 5.91 Å². The molecule has 1 rings (SSSR count). The van der Waals surface area contributed by atoms with Crippen molar-refractivity contribution in [3.63, 3.8) is 0 Å². The fraction of sp³-hybridized carbons (Fsp3) is 0.364. The van der Waals surface area contributed by atoms with E-state index in [2.05, 4.69) is 4.98 Å². The highest BCUT2D eigenvalue weighted by Crippen LogP contribution is 2.15. The van der Waals surface area contributed by atoms with Crippen molar-refractivity contribution in [2.75, 3.05) is 13.1 Å². The van der Waals surface area contributed by atoms with Crippen LogP contribution in [0.3, 0.4) is 0 Å². The normalized spacial score (nSPS) is 9.56. The number of nitriles is 1. The van der Waals surface area contributed by atoms with Crippen LogP contribution in [0.25, 0.3) is 0 Å². The minimum absolute atomic E-state index is 0.0674. The number of carbonyl (C=O) groups excluding carboxylic acids is 1. The molecule has 0 saturated carbocycles. The van der Waals surface area contributed by atoms with Crippen molar-refractivity contribution < 1.29 is 4.79 Å². The van der Waals surface area contributed by atoms with Gasteiger partial charge in [-0.25, -0.2) is 0 Å². The molecule has 0 atom stereocenters. The Morgan fingerprint density at radius 2 is 2.44 bits per heavy atom. The van der Waals surface area contributed by atoms with Crippen molar-refractivity contribution in [1.29, 1.82) is 5.26 Å². The lowest BCUT2D eigenvalue weighted by Crippen LogP contribution is -2.32. The number of hydrogen-bond acceptors (Lipinski definition) is 3. The summed E-state index contributed by atoms with van der Waals surface area (Å²) in [6.07, 6.45) is 3.74. The maximum atomic E-state index is 12.0. The molecular weight excluding hydrogens is 226 g/mol. The van der Waals surface area contributed by atoms with Crippen molar-refractivity contribution in [3.8, 4) is 6.07 Å². The Hall–Kier alpha value is -1.60. The van der Waals surface area contributed by atoms with E-state index in [4.69, 9.17) is 16.9 Å². The fourth-order valence-corrected chi connectivity index (χ4v) is 1.50. The van der Waals surface area contributed by atoms with Gasteiger partial charge in [0.2, 0.25) is 0 Å². The summed E-state index contributed by atoms with van der Waals surface area (Å²) in [5.41, 5.74) is 0.341. The molecule has 0 radical (unpaired) electrons. The second-order valence-electron chi connectivity index (χ2n) is 3.24. The second-order valence-corrected chi connectivity index (χ2v) is 3.65. The Kier molecular flexibility index (Phi) is 4.74. The van der Waals surface area contributed by atoms with Crippen LogP contribution in [0.2, 0.25) is 5.02 Å². The number of carbonyl (C=O) groups is 1. The van der Waals surface area contributed by atoms with Crippen molar-refractivity contribution in [3.05, 3.63) is 29.0 Å². The van der Waals surface area contributed by atoms with Gasteiger partial charge in [-0.15, -0.1) is 0 Å². The molecule has 0 unspecified atom stereocenters. The van der Waals surface area contributed by atoms with Crippen LogP contribution in [0.4, 0.5) is 0 Å². The molecule has 0 aromatic carbocycles. The number of halogens is 1. The van der Waals surface area contributed by atoms with Crippen LogP contribution in [0.1, 0.15) is 23.7 Å². The Labute approximate surface area is 99.5 Å². The van der Waals surface area contributed by atoms with E-state index in [-0.39, 0.29) is 12.5 Å². The Bertz CT molecular complexity index is 414. The average molecular weight is 238 g/mol. The van der Waals surface area contributed by atoms with E-state index in [0.717, 1.165) is 6.42 Å². The summed E-state index contributed by atoms with van der Waals surface area (Å²) in [4.78, 5) is 17.3. The first kappa shape index (κ1) is 12.5. The molecule has 1 aromatic rings. The molecule has 1 aromatic heterocycles. The number of rotatable bonds is 4. The van der Waals surface area contributed by atoms with E-state index in [1.807, 2.05) is 13.0 Å². The predicted octanol–water partition coefficient (Wildman–Crippen LogP) is 2.11. The second kappa shape index (κ2) is 6.09. The summed E-state index contributed by atoms with van der Waals surface area (Å²) in [7, 11) is 0. The molecule has 4 nitrogen and oxygen atoms in total. The van der Waals surface area contributed by atoms with Crippen LogP contribution >= 0.6 is 11.6 Å². The minimum atomic E-state index is -0.249. The van der Waals surface area contributed by atoms with Crippen molar-refractivity contribution >= 4 is 17.5 Å². The molecule has 0 bridgehead atoms. The molecule has 0 aliphatic carbocycles. The summed E-state index contributed by atoms with van der Waals surface area (Å²) in [5.74, 6) is -0.249. The van der Waals surface area contributed by atoms with Crippen molar-refractivity contribution in [1.82, 2.24) is 9.88 Å². The number of aromatic nitrogens is 1. The van der Waals surface area contributed by atoms with Gasteiger partial charge in [-0.05, 0) is 12.5 Å². The number of pyridine rings is 1. The van der Waals surface area contributed by atoms with Crippen LogP contribution in [0, 0.1) is 11.3 Å². The molecular formula is C11H12ClN3O. The van der Waals surface area contributed by atoms with Crippen LogP contribution in [0.15, 0.2) is 18.5 Å². The number of hydrogen-bond donors (Lipinski definition) is 0. The molecule has 84 valence electrons. The lowest BCUT2D eigenvalue weighted by atomic mass is 10.2. The Morgan fingerprint density at radius 1 is 1.69 bits per heavy atom. The highest BCUT2D eigenvalue weighted by atomic mass is 35.5. The van der Waals surface area contributed by atoms with Crippen molar-refractivity contribution in [2.24, 2.45) is 0 Å². The molecule has 0 aliphatic heterocycles. The Balaban J connectivity index is 2.91. The summed E-state index contributed by atoms with van der Waals surface area (Å²) < 4.78 is 0. The molecule has 0 N–H and O–H groups in total. The third kappa shape index (κ3) is 2.94. The standard InChI is InChI=1S/C11H12ClN3O/c1-2-6-15(7-4-13)11(16)9-8-14-5-3-10(9)12/h3,5,8H,2,6-7H2,1H3. The Morgan fingerprint density at radius 3 is 3.00 bits per heavy atom. The first-order chi connectivity index (χ1) is 7.70. The van der Waals surface area contributed by atoms with Crippen LogP contribution in [-0.4, -0.2) is 28.9 Å². The largest absolute Gasteiger partial charge is 0.325 e. The molecule has 16 heavy (non-hydrogen) atoms. The van der Waals surface area contributed by atoms with E-state index in [1.54, 1.807) is 6.07 Å². The van der Waals surface area contributed by atoms with Gasteiger partial charge >= 0.3 is 0 Å². The van der Waals surface area contributed by atoms with Gasteiger partial charge in [-0.1, -0.05) is 18.5 Å². The molecule has 0 fully saturated rings. The van der Waals surface area contributed by atoms with Gasteiger partial charge in [0.15, 0.2) is 0 Å². The van der Waals surface area contributed by atoms with Crippen LogP contribution < -0.4 is 0 Å². The molecule has 0 saturated heterocycles. The van der Waals surface area contributed by atoms with Gasteiger partial charge in [0.1, 0.15) is 6.54 Å². The summed E-state index contributed by atoms with van der Waals surface area (Å²) in [5, 5.41) is 9.00. The van der Waals surface area contributed by atoms with E-state index in [9.17, 15) is 4.79 Å². The zero-order valence-corrected chi connectivity index (χ0v) is 9.74. The third-order valence-electron chi connectivity index (χ3n) is 2.04. The first-order valence-electron chi connectivity index (χ1n) is 4.96. The highest BCUT2D eigenvalue weighted by molar-refractivity contribution is 6.33. The molecule has 1 amide bonds. The van der Waals surface area contributed by atoms with Crippen LogP contribution in [0.5, 0.6) is 0 Å². The molecule has 0 aliphatic rings. The van der Waals surface area contributed by atoms with E-state index in [1.165, 1.54) is 17.3 Å². The van der Waals surface area contributed by atoms with Crippen LogP contribution in [-0.2, 0) is 0 Å². The maximum Gasteiger partial charge on any atom is 0.257 e. The lowest BCUT2D eigenvalue weighted by molar-refractivity contribution is 0.0776. The zero-order chi connectivity index (χ0) is 12.0. The summed E-state index contributed by atoms with van der Waals surface area (Å²) >= 11 is 5.89. The monoisotopic (exact) mass is 237 g/mol. The lowest BCUT2D eigenvalue weighted by Gasteiger charge is -2.18. The van der Waals surface area contributed by atoms with E-state index >= 15 is 0 Å². The zero-order valence-electron chi connectivity index (χ0n) is 8.98. The number of nitrogens with zero attached hydrogens (tertiary/aromatic N) is 3. The molecule has 1 heterocycles. The third-order valence-corrected chi connectivity index (χ3v) is 2.37. The summed E-state index contributed by atoms with van der Waals surface area (Å²) in [6, 6.07) is 3.53. The molecule has 5 heteroatoms. The quantitative estimate of drug-likeness (QED) is 0.754. The predicted molar refractivity (Wildman–Crippen MR) is 61.1 cm³/mol. The van der Waals surface area contributed by atoms with Gasteiger partial charge in [0.05, 0.1) is 16.7 Å². The van der Waals surface area contributed by atoms with Gasteiger partial charge < -0.3 is 4.90 Å². The SMILES string of the molecule is CCCN(CC#N)C(=O)c1cnccc1Cl. The van der Waals surface area contributed by atoms with E-state index < -0.39 is 0 Å². The van der Waals surface area contributed by atoms with Gasteiger partial charge in [-0.3, -0.25) is 9.78 Å². The molecule has 0 spiro atoms. The maximum absolute atomic E-state index is 12.0. The summed E-state index contributed by atoms with van der Waals surface area (Å²) in [6.45, 7) is 2.55.